The molecule has 5 heteroatoms. The highest BCUT2D eigenvalue weighted by molar-refractivity contribution is 5.77. The van der Waals surface area contributed by atoms with E-state index in [9.17, 15) is 4.79 Å². The number of aliphatic hydroxyl groups is 1. The highest BCUT2D eigenvalue weighted by Gasteiger charge is 2.04. The summed E-state index contributed by atoms with van der Waals surface area (Å²) in [6, 6.07) is 0. The molecule has 0 radical (unpaired) electrons. The third-order valence-electron chi connectivity index (χ3n) is 1.84. The van der Waals surface area contributed by atoms with Gasteiger partial charge in [-0.3, -0.25) is 4.79 Å². The van der Waals surface area contributed by atoms with Crippen molar-refractivity contribution >= 4 is 5.91 Å². The van der Waals surface area contributed by atoms with E-state index in [1.54, 1.807) is 11.9 Å². The molecule has 0 unspecified atom stereocenters. The molecule has 2 N–H and O–H groups in total. The first-order valence-electron chi connectivity index (χ1n) is 4.85. The van der Waals surface area contributed by atoms with Crippen LogP contribution < -0.4 is 5.32 Å². The van der Waals surface area contributed by atoms with Gasteiger partial charge >= 0.3 is 0 Å². The maximum Gasteiger partial charge on any atom is 0.236 e. The van der Waals surface area contributed by atoms with Crippen molar-refractivity contribution < 1.29 is 14.6 Å². The van der Waals surface area contributed by atoms with E-state index < -0.39 is 0 Å². The van der Waals surface area contributed by atoms with Crippen molar-refractivity contribution in [2.75, 3.05) is 46.5 Å². The molecule has 0 aromatic rings. The Hall–Kier alpha value is -0.650. The summed E-state index contributed by atoms with van der Waals surface area (Å²) in [6.45, 7) is 4.53. The normalized spacial score (nSPS) is 10.2. The zero-order chi connectivity index (χ0) is 10.8. The number of carbonyl (C=O) groups excluding carboxylic acids is 1. The Balaban J connectivity index is 3.23. The fourth-order valence-corrected chi connectivity index (χ4v) is 0.818. The minimum Gasteiger partial charge on any atom is -0.394 e. The number of ether oxygens (including phenoxy) is 1. The summed E-state index contributed by atoms with van der Waals surface area (Å²) in [5, 5.41) is 11.4. The van der Waals surface area contributed by atoms with Gasteiger partial charge in [0.25, 0.3) is 0 Å². The number of amides is 1. The van der Waals surface area contributed by atoms with Crippen LogP contribution in [0.15, 0.2) is 0 Å². The van der Waals surface area contributed by atoms with Gasteiger partial charge in [-0.25, -0.2) is 0 Å². The molecule has 0 aromatic carbocycles. The smallest absolute Gasteiger partial charge is 0.236 e. The number of rotatable bonds is 8. The lowest BCUT2D eigenvalue weighted by Gasteiger charge is -2.14. The molecule has 0 heterocycles. The van der Waals surface area contributed by atoms with Crippen LogP contribution in [0.4, 0.5) is 0 Å². The van der Waals surface area contributed by atoms with Crippen LogP contribution in [0.2, 0.25) is 0 Å². The number of likely N-dealkylation sites (N-methyl/N-ethyl adjacent to an activating group) is 1. The van der Waals surface area contributed by atoms with E-state index in [-0.39, 0.29) is 12.5 Å². The number of hydrogen-bond donors (Lipinski definition) is 2. The number of hydrogen-bond acceptors (Lipinski definition) is 4. The van der Waals surface area contributed by atoms with E-state index in [0.717, 1.165) is 6.54 Å². The molecule has 0 aliphatic carbocycles. The molecule has 5 nitrogen and oxygen atoms in total. The molecular weight excluding hydrogens is 184 g/mol. The van der Waals surface area contributed by atoms with Gasteiger partial charge in [-0.15, -0.1) is 0 Å². The van der Waals surface area contributed by atoms with Crippen LogP contribution in [-0.2, 0) is 9.53 Å². The summed E-state index contributed by atoms with van der Waals surface area (Å²) in [6.07, 6.45) is 0. The lowest BCUT2D eigenvalue weighted by molar-refractivity contribution is -0.128. The predicted octanol–water partition coefficient (Wildman–Crippen LogP) is -0.937. The molecule has 0 bridgehead atoms. The fraction of sp³-hybridized carbons (Fsp3) is 0.889. The predicted molar refractivity (Wildman–Crippen MR) is 54.1 cm³/mol. The fourth-order valence-electron chi connectivity index (χ4n) is 0.818. The molecular formula is C9H20N2O3. The Kier molecular flexibility index (Phi) is 8.51. The highest BCUT2D eigenvalue weighted by atomic mass is 16.5. The quantitative estimate of drug-likeness (QED) is 0.501. The van der Waals surface area contributed by atoms with Gasteiger partial charge in [-0.1, -0.05) is 0 Å². The summed E-state index contributed by atoms with van der Waals surface area (Å²) in [4.78, 5) is 12.9. The van der Waals surface area contributed by atoms with Crippen molar-refractivity contribution in [2.24, 2.45) is 0 Å². The monoisotopic (exact) mass is 204 g/mol. The van der Waals surface area contributed by atoms with Crippen LogP contribution in [0.1, 0.15) is 6.92 Å². The average molecular weight is 204 g/mol. The molecule has 0 spiro atoms. The third-order valence-corrected chi connectivity index (χ3v) is 1.84. The molecule has 0 aromatic heterocycles. The first kappa shape index (κ1) is 13.4. The third kappa shape index (κ3) is 6.82. The summed E-state index contributed by atoms with van der Waals surface area (Å²) in [5.41, 5.74) is 0. The largest absolute Gasteiger partial charge is 0.394 e. The van der Waals surface area contributed by atoms with Gasteiger partial charge < -0.3 is 20.1 Å². The maximum atomic E-state index is 11.2. The van der Waals surface area contributed by atoms with Crippen molar-refractivity contribution in [3.8, 4) is 0 Å². The van der Waals surface area contributed by atoms with Crippen molar-refractivity contribution in [1.82, 2.24) is 10.2 Å². The van der Waals surface area contributed by atoms with Gasteiger partial charge in [0, 0.05) is 20.1 Å². The van der Waals surface area contributed by atoms with E-state index in [2.05, 4.69) is 5.32 Å². The van der Waals surface area contributed by atoms with Crippen molar-refractivity contribution in [2.45, 2.75) is 6.92 Å². The van der Waals surface area contributed by atoms with E-state index in [0.29, 0.717) is 26.3 Å². The topological polar surface area (TPSA) is 61.8 Å². The van der Waals surface area contributed by atoms with Gasteiger partial charge in [-0.2, -0.15) is 0 Å². The summed E-state index contributed by atoms with van der Waals surface area (Å²) >= 11 is 0. The van der Waals surface area contributed by atoms with Crippen LogP contribution in [0.25, 0.3) is 0 Å². The van der Waals surface area contributed by atoms with Gasteiger partial charge in [0.1, 0.15) is 0 Å². The minimum atomic E-state index is 0.0392. The SMILES string of the molecule is CCN(C)C(=O)CNCCOCCO. The molecule has 0 atom stereocenters. The van der Waals surface area contributed by atoms with E-state index in [1.165, 1.54) is 0 Å². The number of carbonyl (C=O) groups is 1. The maximum absolute atomic E-state index is 11.2. The van der Waals surface area contributed by atoms with Crippen LogP contribution in [0, 0.1) is 0 Å². The molecule has 0 saturated carbocycles. The Morgan fingerprint density at radius 3 is 2.79 bits per heavy atom. The molecule has 0 aliphatic heterocycles. The van der Waals surface area contributed by atoms with Crippen LogP contribution >= 0.6 is 0 Å². The van der Waals surface area contributed by atoms with E-state index in [4.69, 9.17) is 9.84 Å². The van der Waals surface area contributed by atoms with Gasteiger partial charge in [0.2, 0.25) is 5.91 Å². The van der Waals surface area contributed by atoms with E-state index >= 15 is 0 Å². The molecule has 0 aliphatic rings. The van der Waals surface area contributed by atoms with Crippen molar-refractivity contribution in [3.63, 3.8) is 0 Å². The van der Waals surface area contributed by atoms with Gasteiger partial charge in [0.15, 0.2) is 0 Å². The van der Waals surface area contributed by atoms with Crippen molar-refractivity contribution in [3.05, 3.63) is 0 Å². The van der Waals surface area contributed by atoms with Crippen LogP contribution in [0.5, 0.6) is 0 Å². The number of nitrogens with one attached hydrogen (secondary N) is 1. The average Bonchev–Trinajstić information content (AvgIpc) is 2.21. The second-order valence-electron chi connectivity index (χ2n) is 2.92. The van der Waals surface area contributed by atoms with Crippen molar-refractivity contribution in [1.29, 1.82) is 0 Å². The molecule has 0 rings (SSSR count). The first-order valence-corrected chi connectivity index (χ1v) is 4.85. The Labute approximate surface area is 85.0 Å². The number of nitrogens with zero attached hydrogens (tertiary/aromatic N) is 1. The second-order valence-corrected chi connectivity index (χ2v) is 2.92. The summed E-state index contributed by atoms with van der Waals surface area (Å²) < 4.78 is 5.01. The minimum absolute atomic E-state index is 0.0392. The highest BCUT2D eigenvalue weighted by Crippen LogP contribution is 1.81. The zero-order valence-electron chi connectivity index (χ0n) is 8.95. The van der Waals surface area contributed by atoms with Gasteiger partial charge in [0.05, 0.1) is 26.4 Å². The molecule has 84 valence electrons. The Morgan fingerprint density at radius 1 is 1.50 bits per heavy atom. The second kappa shape index (κ2) is 8.93. The first-order chi connectivity index (χ1) is 6.72. The van der Waals surface area contributed by atoms with Crippen LogP contribution in [0.3, 0.4) is 0 Å². The summed E-state index contributed by atoms with van der Waals surface area (Å²) in [5.74, 6) is 0.0784. The lowest BCUT2D eigenvalue weighted by atomic mass is 10.5. The Bertz CT molecular complexity index is 153. The number of aliphatic hydroxyl groups excluding tert-OH is 1. The lowest BCUT2D eigenvalue weighted by Crippen LogP contribution is -2.36. The Morgan fingerprint density at radius 2 is 2.21 bits per heavy atom. The summed E-state index contributed by atoms with van der Waals surface area (Å²) in [7, 11) is 1.77. The standard InChI is InChI=1S/C9H20N2O3/c1-3-11(2)9(13)8-10-4-6-14-7-5-12/h10,12H,3-8H2,1-2H3. The van der Waals surface area contributed by atoms with Gasteiger partial charge in [-0.05, 0) is 6.92 Å². The molecule has 0 fully saturated rings. The molecule has 1 amide bonds. The molecule has 14 heavy (non-hydrogen) atoms. The zero-order valence-corrected chi connectivity index (χ0v) is 8.95. The molecule has 0 saturated heterocycles. The van der Waals surface area contributed by atoms with E-state index in [1.807, 2.05) is 6.92 Å². The van der Waals surface area contributed by atoms with Crippen LogP contribution in [-0.4, -0.2) is 62.4 Å².